The lowest BCUT2D eigenvalue weighted by Crippen LogP contribution is -2.36. The van der Waals surface area contributed by atoms with Crippen molar-refractivity contribution in [2.24, 2.45) is 4.99 Å². The average Bonchev–Trinajstić information content (AvgIpc) is 1.82. The molecule has 0 aromatic rings. The molecule has 1 amide bonds. The Morgan fingerprint density at radius 3 is 2.50 bits per heavy atom. The van der Waals surface area contributed by atoms with Crippen LogP contribution in [-0.2, 0) is 4.79 Å². The van der Waals surface area contributed by atoms with Crippen molar-refractivity contribution in [3.8, 4) is 0 Å². The van der Waals surface area contributed by atoms with Crippen molar-refractivity contribution in [1.82, 2.24) is 0 Å². The normalized spacial score (nSPS) is 24.5. The van der Waals surface area contributed by atoms with Crippen molar-refractivity contribution >= 4 is 12.2 Å². The Balaban J connectivity index is 2.72. The molecule has 0 radical (unpaired) electrons. The first-order chi connectivity index (χ1) is 3.60. The van der Waals surface area contributed by atoms with E-state index in [1.165, 1.54) is 0 Å². The van der Waals surface area contributed by atoms with Gasteiger partial charge in [-0.25, -0.2) is 0 Å². The molecule has 0 atom stereocenters. The fourth-order valence-electron chi connectivity index (χ4n) is 0.651. The first-order valence-electron chi connectivity index (χ1n) is 2.51. The molecule has 1 aliphatic heterocycles. The average molecular weight is 113 g/mol. The molecule has 0 aromatic heterocycles. The number of nitrogens with zero attached hydrogens (tertiary/aromatic N) is 2. The second-order valence-corrected chi connectivity index (χ2v) is 2.58. The third-order valence-corrected chi connectivity index (χ3v) is 1.06. The number of quaternary nitrogens is 1. The summed E-state index contributed by atoms with van der Waals surface area (Å²) < 4.78 is 0.596. The Morgan fingerprint density at radius 1 is 1.75 bits per heavy atom. The van der Waals surface area contributed by atoms with E-state index in [4.69, 9.17) is 0 Å². The van der Waals surface area contributed by atoms with E-state index in [-0.39, 0.29) is 5.91 Å². The molecule has 1 heterocycles. The van der Waals surface area contributed by atoms with Crippen LogP contribution in [0.1, 0.15) is 0 Å². The third-order valence-electron chi connectivity index (χ3n) is 1.06. The van der Waals surface area contributed by atoms with Gasteiger partial charge in [-0.3, -0.25) is 9.28 Å². The molecule has 0 N–H and O–H groups in total. The van der Waals surface area contributed by atoms with Crippen LogP contribution in [0.15, 0.2) is 4.99 Å². The maximum Gasteiger partial charge on any atom is 0.305 e. The predicted molar refractivity (Wildman–Crippen MR) is 30.5 cm³/mol. The maximum atomic E-state index is 10.4. The van der Waals surface area contributed by atoms with Gasteiger partial charge < -0.3 is 0 Å². The molecule has 1 aliphatic rings. The lowest BCUT2D eigenvalue weighted by atomic mass is 10.5. The fourth-order valence-corrected chi connectivity index (χ4v) is 0.651. The number of likely N-dealkylation sites (N-methyl/N-ethyl adjacent to an activating group) is 1. The number of carbonyl (C=O) groups excluding carboxylic acids is 1. The molecule has 0 aromatic carbocycles. The summed E-state index contributed by atoms with van der Waals surface area (Å²) in [5.41, 5.74) is 0. The number of aliphatic imine (C=N–C) groups is 1. The number of rotatable bonds is 0. The van der Waals surface area contributed by atoms with Crippen LogP contribution in [0.25, 0.3) is 0 Å². The first-order valence-corrected chi connectivity index (χ1v) is 2.51. The van der Waals surface area contributed by atoms with E-state index < -0.39 is 0 Å². The smallest absolute Gasteiger partial charge is 0.278 e. The lowest BCUT2D eigenvalue weighted by Gasteiger charge is -2.15. The van der Waals surface area contributed by atoms with Gasteiger partial charge in [0.2, 0.25) is 0 Å². The monoisotopic (exact) mass is 113 g/mol. The Kier molecular flexibility index (Phi) is 0.942. The van der Waals surface area contributed by atoms with Gasteiger partial charge in [0.25, 0.3) is 0 Å². The van der Waals surface area contributed by atoms with Crippen LogP contribution in [0.5, 0.6) is 0 Å². The van der Waals surface area contributed by atoms with Gasteiger partial charge in [-0.2, -0.15) is 4.99 Å². The van der Waals surface area contributed by atoms with E-state index in [2.05, 4.69) is 4.99 Å². The standard InChI is InChI=1S/C5H9N2O/c1-7(2)3-5(8)6-4-7/h4H,3H2,1-2H3/q+1. The lowest BCUT2D eigenvalue weighted by molar-refractivity contribution is -0.779. The SMILES string of the molecule is C[N+]1(C)C=NC(=O)C1. The van der Waals surface area contributed by atoms with E-state index in [0.29, 0.717) is 11.0 Å². The summed E-state index contributed by atoms with van der Waals surface area (Å²) in [5.74, 6) is -0.0185. The summed E-state index contributed by atoms with van der Waals surface area (Å²) in [5, 5.41) is 0. The summed E-state index contributed by atoms with van der Waals surface area (Å²) in [7, 11) is 3.88. The summed E-state index contributed by atoms with van der Waals surface area (Å²) in [6.45, 7) is 0.514. The molecule has 0 bridgehead atoms. The molecule has 3 heteroatoms. The van der Waals surface area contributed by atoms with Gasteiger partial charge in [0.05, 0.1) is 14.1 Å². The zero-order valence-electron chi connectivity index (χ0n) is 5.09. The van der Waals surface area contributed by atoms with Crippen molar-refractivity contribution in [1.29, 1.82) is 0 Å². The van der Waals surface area contributed by atoms with E-state index >= 15 is 0 Å². The minimum absolute atomic E-state index is 0.0185. The summed E-state index contributed by atoms with van der Waals surface area (Å²) >= 11 is 0. The van der Waals surface area contributed by atoms with Crippen molar-refractivity contribution in [2.45, 2.75) is 0 Å². The summed E-state index contributed by atoms with van der Waals surface area (Å²) in [4.78, 5) is 14.0. The van der Waals surface area contributed by atoms with Crippen LogP contribution < -0.4 is 0 Å². The van der Waals surface area contributed by atoms with Gasteiger partial charge in [-0.05, 0) is 0 Å². The third kappa shape index (κ3) is 0.924. The zero-order chi connectivity index (χ0) is 6.20. The molecular weight excluding hydrogens is 104 g/mol. The van der Waals surface area contributed by atoms with Crippen LogP contribution in [-0.4, -0.2) is 37.4 Å². The highest BCUT2D eigenvalue weighted by Gasteiger charge is 2.23. The highest BCUT2D eigenvalue weighted by Crippen LogP contribution is 1.99. The Morgan fingerprint density at radius 2 is 2.38 bits per heavy atom. The number of amides is 1. The van der Waals surface area contributed by atoms with Gasteiger partial charge in [0.15, 0.2) is 12.9 Å². The van der Waals surface area contributed by atoms with Gasteiger partial charge in [-0.1, -0.05) is 0 Å². The summed E-state index contributed by atoms with van der Waals surface area (Å²) in [6.07, 6.45) is 1.66. The minimum Gasteiger partial charge on any atom is -0.278 e. The molecule has 0 spiro atoms. The molecule has 0 unspecified atom stereocenters. The van der Waals surface area contributed by atoms with Gasteiger partial charge >= 0.3 is 5.91 Å². The Labute approximate surface area is 48.2 Å². The molecule has 44 valence electrons. The second-order valence-electron chi connectivity index (χ2n) is 2.58. The Bertz CT molecular complexity index is 149. The van der Waals surface area contributed by atoms with E-state index in [0.717, 1.165) is 0 Å². The van der Waals surface area contributed by atoms with E-state index in [1.54, 1.807) is 6.34 Å². The minimum atomic E-state index is -0.0185. The molecule has 1 rings (SSSR count). The van der Waals surface area contributed by atoms with Crippen molar-refractivity contribution in [3.05, 3.63) is 0 Å². The quantitative estimate of drug-likeness (QED) is 0.394. The molecule has 0 saturated carbocycles. The van der Waals surface area contributed by atoms with Gasteiger partial charge in [-0.15, -0.1) is 0 Å². The number of hydrogen-bond acceptors (Lipinski definition) is 1. The molecular formula is C5H9N2O+. The number of hydrogen-bond donors (Lipinski definition) is 0. The van der Waals surface area contributed by atoms with Crippen LogP contribution in [0.3, 0.4) is 0 Å². The topological polar surface area (TPSA) is 29.4 Å². The molecule has 0 fully saturated rings. The highest BCUT2D eigenvalue weighted by atomic mass is 16.2. The second kappa shape index (κ2) is 1.39. The summed E-state index contributed by atoms with van der Waals surface area (Å²) in [6, 6.07) is 0. The molecule has 8 heavy (non-hydrogen) atoms. The molecule has 0 aliphatic carbocycles. The van der Waals surface area contributed by atoms with Crippen molar-refractivity contribution in [3.63, 3.8) is 0 Å². The van der Waals surface area contributed by atoms with Gasteiger partial charge in [0.1, 0.15) is 0 Å². The van der Waals surface area contributed by atoms with Crippen LogP contribution in [0.4, 0.5) is 0 Å². The maximum absolute atomic E-state index is 10.4. The molecule has 0 saturated heterocycles. The first kappa shape index (κ1) is 5.44. The van der Waals surface area contributed by atoms with Crippen molar-refractivity contribution in [2.75, 3.05) is 20.6 Å². The van der Waals surface area contributed by atoms with Crippen LogP contribution in [0.2, 0.25) is 0 Å². The van der Waals surface area contributed by atoms with E-state index in [1.807, 2.05) is 14.1 Å². The fraction of sp³-hybridized carbons (Fsp3) is 0.600. The number of carbonyl (C=O) groups is 1. The van der Waals surface area contributed by atoms with E-state index in [9.17, 15) is 4.79 Å². The van der Waals surface area contributed by atoms with Crippen molar-refractivity contribution < 1.29 is 9.28 Å². The van der Waals surface area contributed by atoms with Gasteiger partial charge in [0, 0.05) is 0 Å². The largest absolute Gasteiger partial charge is 0.305 e. The Hall–Kier alpha value is -0.700. The predicted octanol–water partition coefficient (Wildman–Crippen LogP) is -0.369. The highest BCUT2D eigenvalue weighted by molar-refractivity contribution is 5.88. The zero-order valence-corrected chi connectivity index (χ0v) is 5.09. The van der Waals surface area contributed by atoms with Crippen LogP contribution >= 0.6 is 0 Å². The van der Waals surface area contributed by atoms with Crippen LogP contribution in [0, 0.1) is 0 Å². The molecule has 3 nitrogen and oxygen atoms in total.